The van der Waals surface area contributed by atoms with E-state index in [-0.39, 0.29) is 17.7 Å². The molecular formula is C13H22N2O2S. The normalized spacial score (nSPS) is 13.6. The van der Waals surface area contributed by atoms with Gasteiger partial charge in [-0.3, -0.25) is 4.72 Å². The Morgan fingerprint density at radius 2 is 1.89 bits per heavy atom. The van der Waals surface area contributed by atoms with Crippen LogP contribution in [0.25, 0.3) is 0 Å². The molecule has 0 aromatic heterocycles. The summed E-state index contributed by atoms with van der Waals surface area (Å²) in [5.74, 6) is 0.251. The average molecular weight is 270 g/mol. The van der Waals surface area contributed by atoms with Gasteiger partial charge in [-0.15, -0.1) is 0 Å². The molecule has 1 aromatic rings. The first-order chi connectivity index (χ1) is 8.34. The summed E-state index contributed by atoms with van der Waals surface area (Å²) in [6.45, 7) is 5.80. The second-order valence-corrected chi connectivity index (χ2v) is 6.68. The number of nitrogens with one attached hydrogen (secondary N) is 2. The molecule has 0 radical (unpaired) electrons. The molecule has 0 aliphatic rings. The lowest BCUT2D eigenvalue weighted by Crippen LogP contribution is -2.20. The average Bonchev–Trinajstić information content (AvgIpc) is 2.25. The molecule has 5 heteroatoms. The quantitative estimate of drug-likeness (QED) is 0.834. The molecule has 0 fully saturated rings. The third kappa shape index (κ3) is 4.66. The van der Waals surface area contributed by atoms with Crippen molar-refractivity contribution in [3.8, 4) is 0 Å². The van der Waals surface area contributed by atoms with Crippen LogP contribution in [-0.4, -0.2) is 21.2 Å². The summed E-state index contributed by atoms with van der Waals surface area (Å²) in [7, 11) is -1.38. The molecule has 4 nitrogen and oxygen atoms in total. The van der Waals surface area contributed by atoms with Crippen LogP contribution in [0.3, 0.4) is 0 Å². The fraction of sp³-hybridized carbons (Fsp3) is 0.538. The van der Waals surface area contributed by atoms with E-state index in [0.717, 1.165) is 5.56 Å². The minimum Gasteiger partial charge on any atom is -0.313 e. The highest BCUT2D eigenvalue weighted by Crippen LogP contribution is 2.18. The highest BCUT2D eigenvalue weighted by atomic mass is 32.2. The van der Waals surface area contributed by atoms with Crippen molar-refractivity contribution >= 4 is 15.7 Å². The Morgan fingerprint density at radius 3 is 2.44 bits per heavy atom. The predicted octanol–water partition coefficient (Wildman–Crippen LogP) is 2.36. The van der Waals surface area contributed by atoms with Gasteiger partial charge in [-0.2, -0.15) is 0 Å². The maximum atomic E-state index is 11.8. The van der Waals surface area contributed by atoms with Crippen LogP contribution in [0.5, 0.6) is 0 Å². The molecule has 1 atom stereocenters. The molecule has 0 saturated carbocycles. The van der Waals surface area contributed by atoms with Gasteiger partial charge in [0.05, 0.1) is 5.75 Å². The smallest absolute Gasteiger partial charge is 0.232 e. The molecule has 0 spiro atoms. The summed E-state index contributed by atoms with van der Waals surface area (Å²) < 4.78 is 26.3. The molecular weight excluding hydrogens is 248 g/mol. The van der Waals surface area contributed by atoms with Gasteiger partial charge >= 0.3 is 0 Å². The molecule has 1 rings (SSSR count). The van der Waals surface area contributed by atoms with Crippen molar-refractivity contribution in [2.24, 2.45) is 5.92 Å². The molecule has 2 N–H and O–H groups in total. The monoisotopic (exact) mass is 270 g/mol. The maximum Gasteiger partial charge on any atom is 0.232 e. The van der Waals surface area contributed by atoms with Gasteiger partial charge in [0.15, 0.2) is 0 Å². The summed E-state index contributed by atoms with van der Waals surface area (Å²) in [5.41, 5.74) is 1.68. The Hall–Kier alpha value is -1.07. The fourth-order valence-corrected chi connectivity index (χ4v) is 3.15. The first-order valence-corrected chi connectivity index (χ1v) is 7.77. The minimum atomic E-state index is -3.25. The number of benzene rings is 1. The van der Waals surface area contributed by atoms with Gasteiger partial charge in [0, 0.05) is 11.7 Å². The third-order valence-corrected chi connectivity index (χ3v) is 4.30. The van der Waals surface area contributed by atoms with E-state index in [0.29, 0.717) is 5.69 Å². The van der Waals surface area contributed by atoms with Crippen LogP contribution in [0.2, 0.25) is 0 Å². The molecule has 18 heavy (non-hydrogen) atoms. The van der Waals surface area contributed by atoms with Gasteiger partial charge in [-0.25, -0.2) is 8.42 Å². The molecule has 0 aliphatic heterocycles. The van der Waals surface area contributed by atoms with E-state index < -0.39 is 10.0 Å². The molecule has 1 unspecified atom stereocenters. The minimum absolute atomic E-state index is 0.113. The van der Waals surface area contributed by atoms with E-state index >= 15 is 0 Å². The van der Waals surface area contributed by atoms with Crippen molar-refractivity contribution in [2.75, 3.05) is 17.5 Å². The topological polar surface area (TPSA) is 58.2 Å². The van der Waals surface area contributed by atoms with E-state index in [1.807, 2.05) is 46.0 Å². The van der Waals surface area contributed by atoms with Crippen LogP contribution in [-0.2, 0) is 10.0 Å². The number of anilines is 1. The van der Waals surface area contributed by atoms with E-state index in [1.54, 1.807) is 6.07 Å². The zero-order valence-electron chi connectivity index (χ0n) is 11.4. The number of rotatable bonds is 6. The maximum absolute atomic E-state index is 11.8. The van der Waals surface area contributed by atoms with E-state index in [2.05, 4.69) is 10.0 Å². The van der Waals surface area contributed by atoms with Crippen molar-refractivity contribution in [2.45, 2.75) is 26.8 Å². The number of hydrogen-bond donors (Lipinski definition) is 2. The summed E-state index contributed by atoms with van der Waals surface area (Å²) >= 11 is 0. The zero-order valence-corrected chi connectivity index (χ0v) is 12.2. The lowest BCUT2D eigenvalue weighted by molar-refractivity contribution is 0.587. The molecule has 0 bridgehead atoms. The van der Waals surface area contributed by atoms with Crippen molar-refractivity contribution in [1.82, 2.24) is 5.32 Å². The van der Waals surface area contributed by atoms with Crippen LogP contribution in [0.4, 0.5) is 5.69 Å². The predicted molar refractivity (Wildman–Crippen MR) is 76.2 cm³/mol. The Kier molecular flexibility index (Phi) is 5.16. The zero-order chi connectivity index (χ0) is 13.8. The van der Waals surface area contributed by atoms with Gasteiger partial charge < -0.3 is 5.32 Å². The largest absolute Gasteiger partial charge is 0.313 e. The summed E-state index contributed by atoms with van der Waals surface area (Å²) in [4.78, 5) is 0. The van der Waals surface area contributed by atoms with Crippen LogP contribution in [0, 0.1) is 5.92 Å². The van der Waals surface area contributed by atoms with E-state index in [4.69, 9.17) is 0 Å². The van der Waals surface area contributed by atoms with Crippen molar-refractivity contribution in [1.29, 1.82) is 0 Å². The molecule has 0 aliphatic carbocycles. The van der Waals surface area contributed by atoms with Crippen molar-refractivity contribution < 1.29 is 8.42 Å². The van der Waals surface area contributed by atoms with Gasteiger partial charge in [0.2, 0.25) is 10.0 Å². The Morgan fingerprint density at radius 1 is 1.22 bits per heavy atom. The summed E-state index contributed by atoms with van der Waals surface area (Å²) in [5, 5.41) is 3.13. The van der Waals surface area contributed by atoms with Crippen LogP contribution >= 0.6 is 0 Å². The fourth-order valence-electron chi connectivity index (χ4n) is 1.70. The Labute approximate surface area is 110 Å². The molecule has 1 aromatic carbocycles. The molecule has 0 saturated heterocycles. The first kappa shape index (κ1) is 15.0. The molecule has 102 valence electrons. The summed E-state index contributed by atoms with van der Waals surface area (Å²) in [6.07, 6.45) is 0. The van der Waals surface area contributed by atoms with Crippen molar-refractivity contribution in [3.63, 3.8) is 0 Å². The van der Waals surface area contributed by atoms with Crippen LogP contribution in [0.1, 0.15) is 32.4 Å². The lowest BCUT2D eigenvalue weighted by atomic mass is 10.1. The summed E-state index contributed by atoms with van der Waals surface area (Å²) in [6, 6.07) is 7.65. The van der Waals surface area contributed by atoms with Crippen molar-refractivity contribution in [3.05, 3.63) is 29.8 Å². The number of sulfonamides is 1. The highest BCUT2D eigenvalue weighted by molar-refractivity contribution is 7.92. The van der Waals surface area contributed by atoms with E-state index in [9.17, 15) is 8.42 Å². The molecule has 0 heterocycles. The molecule has 0 amide bonds. The van der Waals surface area contributed by atoms with Gasteiger partial charge in [-0.05, 0) is 37.6 Å². The van der Waals surface area contributed by atoms with Crippen LogP contribution in [0.15, 0.2) is 24.3 Å². The van der Waals surface area contributed by atoms with Crippen LogP contribution < -0.4 is 10.0 Å². The third-order valence-electron chi connectivity index (χ3n) is 2.65. The number of hydrogen-bond acceptors (Lipinski definition) is 3. The lowest BCUT2D eigenvalue weighted by Gasteiger charge is -2.14. The second-order valence-electron chi connectivity index (χ2n) is 4.91. The van der Waals surface area contributed by atoms with Gasteiger partial charge in [0.1, 0.15) is 0 Å². The standard InChI is InChI=1S/C13H22N2O2S/c1-10(2)9-18(16,17)15-13-7-5-6-12(8-13)11(3)14-4/h5-8,10-11,14-15H,9H2,1-4H3. The second kappa shape index (κ2) is 6.20. The Bertz CT molecular complexity index is 484. The highest BCUT2D eigenvalue weighted by Gasteiger charge is 2.13. The SMILES string of the molecule is CNC(C)c1cccc(NS(=O)(=O)CC(C)C)c1. The van der Waals surface area contributed by atoms with Gasteiger partial charge in [0.25, 0.3) is 0 Å². The Balaban J connectivity index is 2.85. The van der Waals surface area contributed by atoms with E-state index in [1.165, 1.54) is 0 Å². The first-order valence-electron chi connectivity index (χ1n) is 6.12. The van der Waals surface area contributed by atoms with Gasteiger partial charge in [-0.1, -0.05) is 26.0 Å².